The van der Waals surface area contributed by atoms with E-state index in [1.165, 1.54) is 5.39 Å². The SMILES string of the molecule is CC1CC(Oc2ccc(CN)c3ccccc23)CC(C)O1. The van der Waals surface area contributed by atoms with Gasteiger partial charge in [-0.25, -0.2) is 0 Å². The summed E-state index contributed by atoms with van der Waals surface area (Å²) in [5.41, 5.74) is 6.99. The fourth-order valence-corrected chi connectivity index (χ4v) is 3.23. The molecular weight excluding hydrogens is 262 g/mol. The van der Waals surface area contributed by atoms with Gasteiger partial charge in [0, 0.05) is 24.8 Å². The number of hydrogen-bond donors (Lipinski definition) is 1. The van der Waals surface area contributed by atoms with E-state index in [2.05, 4.69) is 38.1 Å². The molecule has 0 aromatic heterocycles. The van der Waals surface area contributed by atoms with Gasteiger partial charge in [-0.05, 0) is 30.9 Å². The molecule has 1 fully saturated rings. The van der Waals surface area contributed by atoms with Crippen LogP contribution in [0.25, 0.3) is 10.8 Å². The Hall–Kier alpha value is -1.58. The molecule has 1 saturated heterocycles. The Morgan fingerprint density at radius 1 is 1.05 bits per heavy atom. The summed E-state index contributed by atoms with van der Waals surface area (Å²) < 4.78 is 12.1. The lowest BCUT2D eigenvalue weighted by Crippen LogP contribution is -2.35. The third-order valence-electron chi connectivity index (χ3n) is 4.14. The Kier molecular flexibility index (Phi) is 4.13. The Labute approximate surface area is 126 Å². The van der Waals surface area contributed by atoms with Crippen LogP contribution in [0.4, 0.5) is 0 Å². The standard InChI is InChI=1S/C18H23NO2/c1-12-9-15(10-13(2)20-12)21-18-8-7-14(11-19)16-5-3-4-6-17(16)18/h3-8,12-13,15H,9-11,19H2,1-2H3. The Morgan fingerprint density at radius 2 is 1.71 bits per heavy atom. The number of rotatable bonds is 3. The van der Waals surface area contributed by atoms with Crippen LogP contribution in [0.3, 0.4) is 0 Å². The molecule has 0 spiro atoms. The molecular formula is C18H23NO2. The van der Waals surface area contributed by atoms with Gasteiger partial charge in [0.2, 0.25) is 0 Å². The Morgan fingerprint density at radius 3 is 2.38 bits per heavy atom. The van der Waals surface area contributed by atoms with Gasteiger partial charge in [0.1, 0.15) is 11.9 Å². The maximum absolute atomic E-state index is 6.29. The summed E-state index contributed by atoms with van der Waals surface area (Å²) in [6.45, 7) is 4.77. The lowest BCUT2D eigenvalue weighted by Gasteiger charge is -2.32. The predicted octanol–water partition coefficient (Wildman–Crippen LogP) is 3.63. The van der Waals surface area contributed by atoms with Gasteiger partial charge in [0.25, 0.3) is 0 Å². The molecule has 21 heavy (non-hydrogen) atoms. The van der Waals surface area contributed by atoms with Crippen molar-refractivity contribution >= 4 is 10.8 Å². The second-order valence-corrected chi connectivity index (χ2v) is 5.94. The largest absolute Gasteiger partial charge is 0.490 e. The second kappa shape index (κ2) is 6.04. The van der Waals surface area contributed by atoms with Crippen molar-refractivity contribution in [3.63, 3.8) is 0 Å². The first-order valence-corrected chi connectivity index (χ1v) is 7.70. The van der Waals surface area contributed by atoms with Gasteiger partial charge < -0.3 is 15.2 Å². The molecule has 2 N–H and O–H groups in total. The van der Waals surface area contributed by atoms with Crippen LogP contribution in [-0.4, -0.2) is 18.3 Å². The molecule has 3 rings (SSSR count). The van der Waals surface area contributed by atoms with E-state index in [9.17, 15) is 0 Å². The fraction of sp³-hybridized carbons (Fsp3) is 0.444. The van der Waals surface area contributed by atoms with E-state index in [1.807, 2.05) is 12.1 Å². The molecule has 2 aromatic carbocycles. The summed E-state index contributed by atoms with van der Waals surface area (Å²) in [5.74, 6) is 0.953. The minimum atomic E-state index is 0.218. The van der Waals surface area contributed by atoms with E-state index >= 15 is 0 Å². The summed E-state index contributed by atoms with van der Waals surface area (Å²) in [6.07, 6.45) is 2.62. The van der Waals surface area contributed by atoms with Gasteiger partial charge in [-0.3, -0.25) is 0 Å². The summed E-state index contributed by atoms with van der Waals surface area (Å²) in [4.78, 5) is 0. The molecule has 3 nitrogen and oxygen atoms in total. The van der Waals surface area contributed by atoms with Crippen molar-refractivity contribution in [1.82, 2.24) is 0 Å². The average molecular weight is 285 g/mol. The lowest BCUT2D eigenvalue weighted by molar-refractivity contribution is -0.0718. The highest BCUT2D eigenvalue weighted by Gasteiger charge is 2.26. The highest BCUT2D eigenvalue weighted by molar-refractivity contribution is 5.91. The molecule has 2 atom stereocenters. The Bertz CT molecular complexity index is 616. The number of benzene rings is 2. The third-order valence-corrected chi connectivity index (χ3v) is 4.14. The molecule has 1 heterocycles. The molecule has 0 radical (unpaired) electrons. The molecule has 0 aliphatic carbocycles. The van der Waals surface area contributed by atoms with Crippen LogP contribution < -0.4 is 10.5 Å². The van der Waals surface area contributed by atoms with Crippen molar-refractivity contribution in [2.24, 2.45) is 5.73 Å². The summed E-state index contributed by atoms with van der Waals surface area (Å²) in [6, 6.07) is 12.4. The van der Waals surface area contributed by atoms with E-state index in [0.29, 0.717) is 6.54 Å². The second-order valence-electron chi connectivity index (χ2n) is 5.94. The van der Waals surface area contributed by atoms with Crippen LogP contribution in [0.15, 0.2) is 36.4 Å². The average Bonchev–Trinajstić information content (AvgIpc) is 2.46. The Balaban J connectivity index is 1.90. The molecule has 3 heteroatoms. The van der Waals surface area contributed by atoms with Gasteiger partial charge in [-0.2, -0.15) is 0 Å². The molecule has 1 aliphatic rings. The topological polar surface area (TPSA) is 44.5 Å². The smallest absolute Gasteiger partial charge is 0.127 e. The molecule has 0 bridgehead atoms. The third kappa shape index (κ3) is 3.04. The number of fused-ring (bicyclic) bond motifs is 1. The number of ether oxygens (including phenoxy) is 2. The van der Waals surface area contributed by atoms with Crippen LogP contribution in [0.5, 0.6) is 5.75 Å². The molecule has 112 valence electrons. The summed E-state index contributed by atoms with van der Waals surface area (Å²) in [7, 11) is 0. The lowest BCUT2D eigenvalue weighted by atomic mass is 10.0. The molecule has 0 amide bonds. The van der Waals surface area contributed by atoms with Crippen molar-refractivity contribution in [1.29, 1.82) is 0 Å². The van der Waals surface area contributed by atoms with Crippen LogP contribution in [0.2, 0.25) is 0 Å². The van der Waals surface area contributed by atoms with Gasteiger partial charge in [-0.1, -0.05) is 30.3 Å². The van der Waals surface area contributed by atoms with Crippen molar-refractivity contribution in [3.8, 4) is 5.75 Å². The fourth-order valence-electron chi connectivity index (χ4n) is 3.23. The maximum Gasteiger partial charge on any atom is 0.127 e. The summed E-state index contributed by atoms with van der Waals surface area (Å²) in [5, 5.41) is 2.33. The van der Waals surface area contributed by atoms with E-state index in [-0.39, 0.29) is 18.3 Å². The number of nitrogens with two attached hydrogens (primary N) is 1. The first-order valence-electron chi connectivity index (χ1n) is 7.70. The van der Waals surface area contributed by atoms with Crippen LogP contribution in [0.1, 0.15) is 32.3 Å². The van der Waals surface area contributed by atoms with Gasteiger partial charge in [-0.15, -0.1) is 0 Å². The normalized spacial score (nSPS) is 26.0. The predicted molar refractivity (Wildman–Crippen MR) is 85.5 cm³/mol. The van der Waals surface area contributed by atoms with Gasteiger partial charge >= 0.3 is 0 Å². The van der Waals surface area contributed by atoms with Crippen molar-refractivity contribution < 1.29 is 9.47 Å². The molecule has 0 saturated carbocycles. The molecule has 2 aromatic rings. The van der Waals surface area contributed by atoms with Gasteiger partial charge in [0.15, 0.2) is 0 Å². The highest BCUT2D eigenvalue weighted by atomic mass is 16.5. The van der Waals surface area contributed by atoms with E-state index in [0.717, 1.165) is 29.5 Å². The van der Waals surface area contributed by atoms with E-state index in [1.54, 1.807) is 0 Å². The highest BCUT2D eigenvalue weighted by Crippen LogP contribution is 2.31. The van der Waals surface area contributed by atoms with Crippen LogP contribution in [0, 0.1) is 0 Å². The maximum atomic E-state index is 6.29. The monoisotopic (exact) mass is 285 g/mol. The summed E-state index contributed by atoms with van der Waals surface area (Å²) >= 11 is 0. The van der Waals surface area contributed by atoms with Crippen LogP contribution >= 0.6 is 0 Å². The van der Waals surface area contributed by atoms with Crippen molar-refractivity contribution in [2.75, 3.05) is 0 Å². The number of hydrogen-bond acceptors (Lipinski definition) is 3. The molecule has 2 unspecified atom stereocenters. The van der Waals surface area contributed by atoms with Crippen LogP contribution in [-0.2, 0) is 11.3 Å². The first kappa shape index (κ1) is 14.4. The van der Waals surface area contributed by atoms with Crippen molar-refractivity contribution in [2.45, 2.75) is 51.5 Å². The molecule has 1 aliphatic heterocycles. The zero-order chi connectivity index (χ0) is 14.8. The van der Waals surface area contributed by atoms with E-state index in [4.69, 9.17) is 15.2 Å². The zero-order valence-electron chi connectivity index (χ0n) is 12.7. The zero-order valence-corrected chi connectivity index (χ0v) is 12.7. The van der Waals surface area contributed by atoms with Crippen molar-refractivity contribution in [3.05, 3.63) is 42.0 Å². The van der Waals surface area contributed by atoms with Gasteiger partial charge in [0.05, 0.1) is 12.2 Å². The minimum absolute atomic E-state index is 0.218. The first-order chi connectivity index (χ1) is 10.2. The van der Waals surface area contributed by atoms with E-state index < -0.39 is 0 Å². The quantitative estimate of drug-likeness (QED) is 0.936. The minimum Gasteiger partial charge on any atom is -0.490 e.